The van der Waals surface area contributed by atoms with Gasteiger partial charge in [-0.2, -0.15) is 0 Å². The summed E-state index contributed by atoms with van der Waals surface area (Å²) in [5.41, 5.74) is 1.08. The third-order valence-electron chi connectivity index (χ3n) is 1.65. The van der Waals surface area contributed by atoms with Crippen LogP contribution in [-0.4, -0.2) is 30.2 Å². The molecule has 1 aromatic rings. The summed E-state index contributed by atoms with van der Waals surface area (Å²) in [6.07, 6.45) is -0.116. The van der Waals surface area contributed by atoms with Gasteiger partial charge in [-0.15, -0.1) is 11.3 Å². The van der Waals surface area contributed by atoms with Gasteiger partial charge in [-0.3, -0.25) is 0 Å². The molecule has 0 atom stereocenters. The maximum Gasteiger partial charge on any atom is 0.166 e. The van der Waals surface area contributed by atoms with Crippen LogP contribution in [0, 0.1) is 6.92 Å². The maximum atomic E-state index is 5.44. The van der Waals surface area contributed by atoms with Crippen LogP contribution < -0.4 is 0 Å². The van der Waals surface area contributed by atoms with E-state index in [2.05, 4.69) is 10.4 Å². The number of ether oxygens (including phenoxy) is 2. The second-order valence-corrected chi connectivity index (χ2v) is 5.03. The Morgan fingerprint density at radius 3 is 2.53 bits per heavy atom. The van der Waals surface area contributed by atoms with Gasteiger partial charge in [0.05, 0.1) is 5.75 Å². The molecule has 0 aliphatic heterocycles. The van der Waals surface area contributed by atoms with Crippen LogP contribution in [0.5, 0.6) is 0 Å². The van der Waals surface area contributed by atoms with Gasteiger partial charge in [0, 0.05) is 24.3 Å². The average Bonchev–Trinajstić information content (AvgIpc) is 2.61. The summed E-state index contributed by atoms with van der Waals surface area (Å²) >= 11 is 3.36. The Labute approximate surface area is 99.2 Å². The van der Waals surface area contributed by atoms with Crippen molar-refractivity contribution < 1.29 is 9.47 Å². The predicted octanol–water partition coefficient (Wildman–Crippen LogP) is 2.94. The third-order valence-corrected chi connectivity index (χ3v) is 3.82. The molecule has 3 nitrogen and oxygen atoms in total. The van der Waals surface area contributed by atoms with Crippen molar-refractivity contribution in [2.24, 2.45) is 0 Å². The van der Waals surface area contributed by atoms with Crippen molar-refractivity contribution in [3.05, 3.63) is 11.1 Å². The molecule has 15 heavy (non-hydrogen) atoms. The zero-order valence-corrected chi connectivity index (χ0v) is 11.0. The quantitative estimate of drug-likeness (QED) is 0.547. The first kappa shape index (κ1) is 13.0. The molecule has 1 aromatic heterocycles. The van der Waals surface area contributed by atoms with Crippen LogP contribution in [0.25, 0.3) is 0 Å². The number of hydrogen-bond acceptors (Lipinski definition) is 5. The molecule has 1 rings (SSSR count). The predicted molar refractivity (Wildman–Crippen MR) is 64.6 cm³/mol. The van der Waals surface area contributed by atoms with E-state index in [-0.39, 0.29) is 6.29 Å². The van der Waals surface area contributed by atoms with Crippen LogP contribution >= 0.6 is 23.1 Å². The van der Waals surface area contributed by atoms with Gasteiger partial charge >= 0.3 is 0 Å². The molecule has 0 aliphatic carbocycles. The number of hydrogen-bond donors (Lipinski definition) is 0. The van der Waals surface area contributed by atoms with E-state index in [9.17, 15) is 0 Å². The standard InChI is InChI=1S/C10H17NO2S2/c1-4-12-9(13-5-2)7-15-10-11-8(3)6-14-10/h6,9H,4-5,7H2,1-3H3. The summed E-state index contributed by atoms with van der Waals surface area (Å²) in [7, 11) is 0. The molecule has 0 radical (unpaired) electrons. The van der Waals surface area contributed by atoms with E-state index in [1.807, 2.05) is 20.8 Å². The van der Waals surface area contributed by atoms with Gasteiger partial charge < -0.3 is 9.47 Å². The summed E-state index contributed by atoms with van der Waals surface area (Å²) in [5, 5.41) is 2.05. The Balaban J connectivity index is 2.32. The van der Waals surface area contributed by atoms with E-state index in [4.69, 9.17) is 9.47 Å². The monoisotopic (exact) mass is 247 g/mol. The first-order valence-corrected chi connectivity index (χ1v) is 6.90. The fraction of sp³-hybridized carbons (Fsp3) is 0.700. The van der Waals surface area contributed by atoms with Crippen molar-refractivity contribution in [3.8, 4) is 0 Å². The van der Waals surface area contributed by atoms with E-state index < -0.39 is 0 Å². The molecule has 0 amide bonds. The number of nitrogens with zero attached hydrogens (tertiary/aromatic N) is 1. The van der Waals surface area contributed by atoms with E-state index in [1.165, 1.54) is 0 Å². The van der Waals surface area contributed by atoms with E-state index in [0.29, 0.717) is 13.2 Å². The van der Waals surface area contributed by atoms with Crippen molar-refractivity contribution in [1.82, 2.24) is 4.98 Å². The summed E-state index contributed by atoms with van der Waals surface area (Å²) in [5.74, 6) is 0.800. The van der Waals surface area contributed by atoms with E-state index in [0.717, 1.165) is 15.8 Å². The number of aryl methyl sites for hydroxylation is 1. The largest absolute Gasteiger partial charge is 0.352 e. The maximum absolute atomic E-state index is 5.44. The SMILES string of the molecule is CCOC(CSc1nc(C)cs1)OCC. The Morgan fingerprint density at radius 2 is 2.07 bits per heavy atom. The second-order valence-electron chi connectivity index (χ2n) is 2.91. The minimum Gasteiger partial charge on any atom is -0.352 e. The van der Waals surface area contributed by atoms with Crippen LogP contribution in [0.2, 0.25) is 0 Å². The normalized spacial score (nSPS) is 11.2. The molecular formula is C10H17NO2S2. The summed E-state index contributed by atoms with van der Waals surface area (Å²) in [6.45, 7) is 7.32. The van der Waals surface area contributed by atoms with Crippen molar-refractivity contribution >= 4 is 23.1 Å². The summed E-state index contributed by atoms with van der Waals surface area (Å²) < 4.78 is 12.0. The minimum atomic E-state index is -0.116. The summed E-state index contributed by atoms with van der Waals surface area (Å²) in [6, 6.07) is 0. The molecule has 0 spiro atoms. The molecule has 86 valence electrons. The Bertz CT molecular complexity index is 272. The molecule has 0 aliphatic rings. The Kier molecular flexibility index (Phi) is 6.24. The molecule has 1 heterocycles. The van der Waals surface area contributed by atoms with Crippen molar-refractivity contribution in [2.45, 2.75) is 31.4 Å². The first-order valence-electron chi connectivity index (χ1n) is 5.04. The van der Waals surface area contributed by atoms with Gasteiger partial charge in [0.25, 0.3) is 0 Å². The number of thiazole rings is 1. The number of rotatable bonds is 7. The molecule has 0 saturated heterocycles. The highest BCUT2D eigenvalue weighted by Gasteiger charge is 2.09. The van der Waals surface area contributed by atoms with Crippen molar-refractivity contribution in [1.29, 1.82) is 0 Å². The minimum absolute atomic E-state index is 0.116. The average molecular weight is 247 g/mol. The third kappa shape index (κ3) is 4.97. The lowest BCUT2D eigenvalue weighted by Crippen LogP contribution is -2.19. The van der Waals surface area contributed by atoms with Crippen molar-refractivity contribution in [2.75, 3.05) is 19.0 Å². The van der Waals surface area contributed by atoms with Gasteiger partial charge in [0.1, 0.15) is 4.34 Å². The number of thioether (sulfide) groups is 1. The van der Waals surface area contributed by atoms with Crippen LogP contribution in [-0.2, 0) is 9.47 Å². The fourth-order valence-corrected chi connectivity index (χ4v) is 2.88. The van der Waals surface area contributed by atoms with Gasteiger partial charge in [0.15, 0.2) is 6.29 Å². The lowest BCUT2D eigenvalue weighted by atomic mass is 10.6. The Morgan fingerprint density at radius 1 is 1.40 bits per heavy atom. The lowest BCUT2D eigenvalue weighted by Gasteiger charge is -2.15. The molecule has 0 aromatic carbocycles. The Hall–Kier alpha value is -0.100. The van der Waals surface area contributed by atoms with Crippen LogP contribution in [0.4, 0.5) is 0 Å². The molecule has 0 fully saturated rings. The molecule has 0 N–H and O–H groups in total. The highest BCUT2D eigenvalue weighted by molar-refractivity contribution is 8.01. The number of aromatic nitrogens is 1. The van der Waals surface area contributed by atoms with E-state index >= 15 is 0 Å². The molecular weight excluding hydrogens is 230 g/mol. The topological polar surface area (TPSA) is 31.4 Å². The van der Waals surface area contributed by atoms with Crippen LogP contribution in [0.3, 0.4) is 0 Å². The van der Waals surface area contributed by atoms with E-state index in [1.54, 1.807) is 23.1 Å². The molecule has 0 bridgehead atoms. The molecule has 0 unspecified atom stereocenters. The molecule has 0 saturated carbocycles. The first-order chi connectivity index (χ1) is 7.26. The smallest absolute Gasteiger partial charge is 0.166 e. The fourth-order valence-electron chi connectivity index (χ4n) is 1.05. The zero-order chi connectivity index (χ0) is 11.1. The van der Waals surface area contributed by atoms with Gasteiger partial charge in [-0.1, -0.05) is 11.8 Å². The highest BCUT2D eigenvalue weighted by atomic mass is 32.2. The lowest BCUT2D eigenvalue weighted by molar-refractivity contribution is -0.120. The highest BCUT2D eigenvalue weighted by Crippen LogP contribution is 2.23. The van der Waals surface area contributed by atoms with Crippen LogP contribution in [0.15, 0.2) is 9.72 Å². The second kappa shape index (κ2) is 7.22. The zero-order valence-electron chi connectivity index (χ0n) is 9.36. The van der Waals surface area contributed by atoms with Crippen LogP contribution in [0.1, 0.15) is 19.5 Å². The van der Waals surface area contributed by atoms with Gasteiger partial charge in [-0.25, -0.2) is 4.98 Å². The van der Waals surface area contributed by atoms with Crippen molar-refractivity contribution in [3.63, 3.8) is 0 Å². The molecule has 5 heteroatoms. The summed E-state index contributed by atoms with van der Waals surface area (Å²) in [4.78, 5) is 4.37. The van der Waals surface area contributed by atoms with Gasteiger partial charge in [-0.05, 0) is 20.8 Å². The van der Waals surface area contributed by atoms with Gasteiger partial charge in [0.2, 0.25) is 0 Å².